The lowest BCUT2D eigenvalue weighted by Gasteiger charge is -2.29. The minimum absolute atomic E-state index is 0.103. The number of nitrogens with one attached hydrogen (secondary N) is 1. The Labute approximate surface area is 160 Å². The Balaban J connectivity index is 2.02. The number of anilines is 2. The summed E-state index contributed by atoms with van der Waals surface area (Å²) in [4.78, 5) is 13.5. The van der Waals surface area contributed by atoms with Gasteiger partial charge < -0.3 is 9.64 Å². The van der Waals surface area contributed by atoms with Crippen molar-refractivity contribution in [1.29, 1.82) is 0 Å². The molecule has 144 valence electrons. The summed E-state index contributed by atoms with van der Waals surface area (Å²) in [6, 6.07) is 10.4. The molecular formula is C20H24N2O4S. The smallest absolute Gasteiger partial charge is 0.261 e. The highest BCUT2D eigenvalue weighted by molar-refractivity contribution is 7.92. The monoisotopic (exact) mass is 388 g/mol. The molecule has 1 amide bonds. The van der Waals surface area contributed by atoms with Crippen LogP contribution in [0, 0.1) is 0 Å². The SMILES string of the molecule is CCc1cccc(CC)c1NS(=O)(=O)c1ccc2c(c1)N(C(C)=O)CCO2. The highest BCUT2D eigenvalue weighted by Crippen LogP contribution is 2.35. The quantitative estimate of drug-likeness (QED) is 0.852. The first-order valence-corrected chi connectivity index (χ1v) is 10.5. The molecule has 1 N–H and O–H groups in total. The number of nitrogens with zero attached hydrogens (tertiary/aromatic N) is 1. The van der Waals surface area contributed by atoms with E-state index in [2.05, 4.69) is 4.72 Å². The van der Waals surface area contributed by atoms with E-state index in [1.54, 1.807) is 6.07 Å². The molecule has 0 bridgehead atoms. The van der Waals surface area contributed by atoms with Crippen LogP contribution in [0.1, 0.15) is 31.9 Å². The van der Waals surface area contributed by atoms with Crippen LogP contribution in [0.4, 0.5) is 11.4 Å². The van der Waals surface area contributed by atoms with Crippen LogP contribution >= 0.6 is 0 Å². The Morgan fingerprint density at radius 1 is 1.15 bits per heavy atom. The Morgan fingerprint density at radius 3 is 2.41 bits per heavy atom. The van der Waals surface area contributed by atoms with Crippen molar-refractivity contribution >= 4 is 27.3 Å². The number of benzene rings is 2. The van der Waals surface area contributed by atoms with Gasteiger partial charge in [0.15, 0.2) is 0 Å². The van der Waals surface area contributed by atoms with Gasteiger partial charge in [-0.25, -0.2) is 8.42 Å². The number of carbonyl (C=O) groups excluding carboxylic acids is 1. The van der Waals surface area contributed by atoms with Gasteiger partial charge in [-0.15, -0.1) is 0 Å². The van der Waals surface area contributed by atoms with Gasteiger partial charge in [-0.1, -0.05) is 32.0 Å². The molecule has 2 aromatic rings. The highest BCUT2D eigenvalue weighted by Gasteiger charge is 2.25. The summed E-state index contributed by atoms with van der Waals surface area (Å²) >= 11 is 0. The van der Waals surface area contributed by atoms with Crippen LogP contribution in [0.3, 0.4) is 0 Å². The number of aryl methyl sites for hydroxylation is 2. The van der Waals surface area contributed by atoms with Crippen LogP contribution in [-0.4, -0.2) is 27.5 Å². The van der Waals surface area contributed by atoms with E-state index in [0.29, 0.717) is 30.3 Å². The maximum absolute atomic E-state index is 13.0. The molecule has 1 heterocycles. The predicted octanol–water partition coefficient (Wildman–Crippen LogP) is 3.36. The third-order valence-corrected chi connectivity index (χ3v) is 6.07. The number of sulfonamides is 1. The van der Waals surface area contributed by atoms with Crippen molar-refractivity contribution in [3.63, 3.8) is 0 Å². The lowest BCUT2D eigenvalue weighted by atomic mass is 10.0. The third kappa shape index (κ3) is 3.78. The van der Waals surface area contributed by atoms with E-state index in [0.717, 1.165) is 24.0 Å². The maximum Gasteiger partial charge on any atom is 0.261 e. The van der Waals surface area contributed by atoms with Gasteiger partial charge >= 0.3 is 0 Å². The number of rotatable bonds is 5. The lowest BCUT2D eigenvalue weighted by molar-refractivity contribution is -0.116. The van der Waals surface area contributed by atoms with Crippen LogP contribution in [-0.2, 0) is 27.7 Å². The molecule has 0 saturated carbocycles. The number of carbonyl (C=O) groups is 1. The van der Waals surface area contributed by atoms with Gasteiger partial charge in [0.2, 0.25) is 5.91 Å². The standard InChI is InChI=1S/C20H24N2O4S/c1-4-15-7-6-8-16(5-2)20(15)21-27(24,25)17-9-10-19-18(13-17)22(14(3)23)11-12-26-19/h6-10,13,21H,4-5,11-12H2,1-3H3. The molecule has 1 aliphatic rings. The molecule has 0 spiro atoms. The summed E-state index contributed by atoms with van der Waals surface area (Å²) in [6.07, 6.45) is 1.45. The molecule has 7 heteroatoms. The van der Waals surface area contributed by atoms with Crippen molar-refractivity contribution in [2.24, 2.45) is 0 Å². The van der Waals surface area contributed by atoms with Gasteiger partial charge in [0.1, 0.15) is 12.4 Å². The van der Waals surface area contributed by atoms with Crippen LogP contribution < -0.4 is 14.4 Å². The molecule has 27 heavy (non-hydrogen) atoms. The van der Waals surface area contributed by atoms with Gasteiger partial charge in [-0.2, -0.15) is 0 Å². The fraction of sp³-hybridized carbons (Fsp3) is 0.350. The molecule has 0 aliphatic carbocycles. The van der Waals surface area contributed by atoms with Gasteiger partial charge in [0, 0.05) is 6.92 Å². The van der Waals surface area contributed by atoms with Crippen molar-refractivity contribution in [2.75, 3.05) is 22.8 Å². The summed E-state index contributed by atoms with van der Waals surface area (Å²) in [7, 11) is -3.80. The normalized spacial score (nSPS) is 13.7. The summed E-state index contributed by atoms with van der Waals surface area (Å²) in [5.74, 6) is 0.366. The number of para-hydroxylation sites is 1. The van der Waals surface area contributed by atoms with E-state index in [9.17, 15) is 13.2 Å². The van der Waals surface area contributed by atoms with Crippen LogP contribution in [0.2, 0.25) is 0 Å². The van der Waals surface area contributed by atoms with Crippen molar-refractivity contribution in [3.05, 3.63) is 47.5 Å². The van der Waals surface area contributed by atoms with E-state index in [1.165, 1.54) is 24.0 Å². The summed E-state index contributed by atoms with van der Waals surface area (Å²) in [6.45, 7) is 6.24. The predicted molar refractivity (Wildman–Crippen MR) is 106 cm³/mol. The fourth-order valence-corrected chi connectivity index (χ4v) is 4.42. The maximum atomic E-state index is 13.0. The summed E-state index contributed by atoms with van der Waals surface area (Å²) in [5.41, 5.74) is 3.02. The second-order valence-corrected chi connectivity index (χ2v) is 8.09. The zero-order valence-electron chi connectivity index (χ0n) is 15.8. The molecule has 0 saturated heterocycles. The Kier molecular flexibility index (Phi) is 5.41. The molecule has 0 aromatic heterocycles. The van der Waals surface area contributed by atoms with Crippen molar-refractivity contribution < 1.29 is 17.9 Å². The minimum atomic E-state index is -3.80. The second kappa shape index (κ2) is 7.60. The Hall–Kier alpha value is -2.54. The topological polar surface area (TPSA) is 75.7 Å². The Bertz CT molecular complexity index is 948. The van der Waals surface area contributed by atoms with E-state index >= 15 is 0 Å². The number of fused-ring (bicyclic) bond motifs is 1. The number of hydrogen-bond acceptors (Lipinski definition) is 4. The second-order valence-electron chi connectivity index (χ2n) is 6.41. The van der Waals surface area contributed by atoms with E-state index in [-0.39, 0.29) is 10.8 Å². The number of ether oxygens (including phenoxy) is 1. The highest BCUT2D eigenvalue weighted by atomic mass is 32.2. The Morgan fingerprint density at radius 2 is 1.81 bits per heavy atom. The molecule has 2 aromatic carbocycles. The first-order chi connectivity index (χ1) is 12.9. The van der Waals surface area contributed by atoms with Crippen LogP contribution in [0.25, 0.3) is 0 Å². The van der Waals surface area contributed by atoms with Gasteiger partial charge in [0.05, 0.1) is 22.8 Å². The largest absolute Gasteiger partial charge is 0.490 e. The first-order valence-electron chi connectivity index (χ1n) is 9.06. The molecule has 6 nitrogen and oxygen atoms in total. The van der Waals surface area contributed by atoms with Gasteiger partial charge in [0.25, 0.3) is 10.0 Å². The number of amides is 1. The summed E-state index contributed by atoms with van der Waals surface area (Å²) in [5, 5.41) is 0. The molecule has 1 aliphatic heterocycles. The van der Waals surface area contributed by atoms with Gasteiger partial charge in [-0.05, 0) is 42.2 Å². The molecule has 3 rings (SSSR count). The van der Waals surface area contributed by atoms with Crippen molar-refractivity contribution in [2.45, 2.75) is 38.5 Å². The van der Waals surface area contributed by atoms with Crippen LogP contribution in [0.5, 0.6) is 5.75 Å². The minimum Gasteiger partial charge on any atom is -0.490 e. The molecule has 0 fully saturated rings. The van der Waals surface area contributed by atoms with E-state index < -0.39 is 10.0 Å². The molecule has 0 unspecified atom stereocenters. The van der Waals surface area contributed by atoms with Gasteiger partial charge in [-0.3, -0.25) is 9.52 Å². The zero-order chi connectivity index (χ0) is 19.6. The van der Waals surface area contributed by atoms with E-state index in [1.807, 2.05) is 32.0 Å². The molecular weight excluding hydrogens is 364 g/mol. The van der Waals surface area contributed by atoms with Crippen LogP contribution in [0.15, 0.2) is 41.3 Å². The summed E-state index contributed by atoms with van der Waals surface area (Å²) < 4.78 is 34.4. The third-order valence-electron chi connectivity index (χ3n) is 4.72. The van der Waals surface area contributed by atoms with E-state index in [4.69, 9.17) is 4.74 Å². The molecule has 0 atom stereocenters. The fourth-order valence-electron chi connectivity index (χ4n) is 3.26. The first kappa shape index (κ1) is 19.2. The number of hydrogen-bond donors (Lipinski definition) is 1. The van der Waals surface area contributed by atoms with Crippen molar-refractivity contribution in [3.8, 4) is 5.75 Å². The average molecular weight is 388 g/mol. The van der Waals surface area contributed by atoms with Crippen molar-refractivity contribution in [1.82, 2.24) is 0 Å². The lowest BCUT2D eigenvalue weighted by Crippen LogP contribution is -2.36. The average Bonchev–Trinajstić information content (AvgIpc) is 2.66. The molecule has 0 radical (unpaired) electrons. The zero-order valence-corrected chi connectivity index (χ0v) is 16.6.